The molecule has 4 aromatic rings. The van der Waals surface area contributed by atoms with Gasteiger partial charge in [-0.2, -0.15) is 5.06 Å². The highest BCUT2D eigenvalue weighted by atomic mass is 19.1. The van der Waals surface area contributed by atoms with Gasteiger partial charge >= 0.3 is 0 Å². The number of hydrazine groups is 1. The summed E-state index contributed by atoms with van der Waals surface area (Å²) >= 11 is 0. The van der Waals surface area contributed by atoms with Gasteiger partial charge < -0.3 is 42.0 Å². The number of nitrogens with two attached hydrogens (primary N) is 2. The molecule has 2 saturated heterocycles. The van der Waals surface area contributed by atoms with Crippen molar-refractivity contribution in [3.63, 3.8) is 0 Å². The molecule has 12 N–H and O–H groups in total. The molecule has 0 bridgehead atoms. The third-order valence-electron chi connectivity index (χ3n) is 13.2. The van der Waals surface area contributed by atoms with Crippen LogP contribution in [0.5, 0.6) is 0 Å². The molecule has 13 nitrogen and oxygen atoms in total. The van der Waals surface area contributed by atoms with Gasteiger partial charge in [0.15, 0.2) is 0 Å². The Morgan fingerprint density at radius 1 is 0.662 bits per heavy atom. The Morgan fingerprint density at radius 3 is 1.45 bits per heavy atom. The van der Waals surface area contributed by atoms with E-state index in [-0.39, 0.29) is 54.1 Å². The van der Waals surface area contributed by atoms with Crippen LogP contribution < -0.4 is 38.3 Å². The fourth-order valence-electron chi connectivity index (χ4n) is 9.42. The van der Waals surface area contributed by atoms with E-state index in [0.717, 1.165) is 61.1 Å². The van der Waals surface area contributed by atoms with Crippen molar-refractivity contribution in [2.24, 2.45) is 11.7 Å². The Balaban J connectivity index is 0.000000298. The first kappa shape index (κ1) is 58.7. The number of aliphatic hydroxyl groups excluding tert-OH is 2. The SMILES string of the molecule is CC(=O)NC(Cc1cc(F)cc(F)c1)C(O)CNC1(c2cccc(C(C)(C)C)c2)CCCN(O)C1.CC(=O)NC(Cc1cc(F)cc(F)c1)C(O)CNC1(c2cccc(C(C)(C)C)c2)CCCNC1.NN. The average molecular weight is 995 g/mol. The van der Waals surface area contributed by atoms with Crippen molar-refractivity contribution in [3.05, 3.63) is 142 Å². The molecule has 2 amide bonds. The van der Waals surface area contributed by atoms with Crippen LogP contribution >= 0.6 is 0 Å². The molecule has 2 heterocycles. The fraction of sp³-hybridized carbons (Fsp3) is 0.519. The van der Waals surface area contributed by atoms with Crippen LogP contribution in [0, 0.1) is 23.3 Å². The van der Waals surface area contributed by atoms with Gasteiger partial charge in [0.25, 0.3) is 0 Å². The first-order valence-electron chi connectivity index (χ1n) is 24.4. The quantitative estimate of drug-likeness (QED) is 0.0358. The Hall–Kier alpha value is -4.82. The van der Waals surface area contributed by atoms with Crippen LogP contribution in [0.2, 0.25) is 0 Å². The number of nitrogens with zero attached hydrogens (tertiary/aromatic N) is 1. The molecule has 6 rings (SSSR count). The second-order valence-electron chi connectivity index (χ2n) is 21.1. The molecule has 71 heavy (non-hydrogen) atoms. The van der Waals surface area contributed by atoms with Crippen LogP contribution in [0.25, 0.3) is 0 Å². The van der Waals surface area contributed by atoms with Crippen molar-refractivity contribution in [3.8, 4) is 0 Å². The number of carbonyl (C=O) groups is 2. The summed E-state index contributed by atoms with van der Waals surface area (Å²) in [6, 6.07) is 21.8. The summed E-state index contributed by atoms with van der Waals surface area (Å²) in [5, 5.41) is 49.8. The zero-order valence-electron chi connectivity index (χ0n) is 42.6. The molecule has 392 valence electrons. The molecule has 0 aliphatic carbocycles. The smallest absolute Gasteiger partial charge is 0.217 e. The van der Waals surface area contributed by atoms with E-state index < -0.39 is 53.1 Å². The van der Waals surface area contributed by atoms with Crippen molar-refractivity contribution in [1.82, 2.24) is 31.6 Å². The van der Waals surface area contributed by atoms with Gasteiger partial charge in [-0.25, -0.2) is 17.6 Å². The van der Waals surface area contributed by atoms with E-state index in [1.807, 2.05) is 12.1 Å². The third-order valence-corrected chi connectivity index (χ3v) is 13.2. The number of halogens is 4. The van der Waals surface area contributed by atoms with E-state index in [1.54, 1.807) is 0 Å². The Labute approximate surface area is 417 Å². The van der Waals surface area contributed by atoms with Gasteiger partial charge in [-0.05, 0) is 114 Å². The molecular weight excluding hydrogens is 917 g/mol. The van der Waals surface area contributed by atoms with Crippen LogP contribution in [0.3, 0.4) is 0 Å². The van der Waals surface area contributed by atoms with Gasteiger partial charge in [0.05, 0.1) is 35.4 Å². The molecule has 17 heteroatoms. The highest BCUT2D eigenvalue weighted by Crippen LogP contribution is 2.35. The topological polar surface area (TPSA) is 210 Å². The minimum absolute atomic E-state index is 0.00947. The van der Waals surface area contributed by atoms with Crippen LogP contribution in [-0.4, -0.2) is 95.9 Å². The number of aliphatic hydroxyl groups is 2. The number of hydroxylamine groups is 2. The highest BCUT2D eigenvalue weighted by Gasteiger charge is 2.39. The Morgan fingerprint density at radius 2 is 1.07 bits per heavy atom. The first-order chi connectivity index (χ1) is 33.4. The van der Waals surface area contributed by atoms with Crippen LogP contribution in [0.4, 0.5) is 17.6 Å². The van der Waals surface area contributed by atoms with Gasteiger partial charge in [0.1, 0.15) is 23.3 Å². The van der Waals surface area contributed by atoms with Crippen LogP contribution in [0.15, 0.2) is 84.9 Å². The molecule has 0 aromatic heterocycles. The number of rotatable bonds is 16. The summed E-state index contributed by atoms with van der Waals surface area (Å²) in [4.78, 5) is 23.6. The van der Waals surface area contributed by atoms with Crippen LogP contribution in [0.1, 0.15) is 114 Å². The number of piperidine rings is 2. The molecule has 2 aliphatic heterocycles. The van der Waals surface area contributed by atoms with Gasteiger partial charge in [-0.15, -0.1) is 0 Å². The van der Waals surface area contributed by atoms with Crippen molar-refractivity contribution >= 4 is 11.8 Å². The zero-order valence-corrected chi connectivity index (χ0v) is 42.6. The standard InChI is InChI=1S/C27H37F2N3O3.C27H37F2N3O2.H4N2/c1-18(33)31-24(13-19-11-22(28)15-23(29)12-19)25(34)16-30-27(9-6-10-32(35)17-27)21-8-5-7-20(14-21)26(2,3)4;1-18(33)32-24(13-19-11-22(28)15-23(29)12-19)25(34)16-31-27(9-6-10-30-17-27)21-8-5-7-20(14-21)26(2,3)4;1-2/h5,7-8,11-12,14-15,24-25,30,34-35H,6,9-10,13,16-17H2,1-4H3,(H,31,33);5,7-8,11-12,14-15,24-25,30-31,34H,6,9-10,13,16-17H2,1-4H3,(H,32,33);1-2H2. The summed E-state index contributed by atoms with van der Waals surface area (Å²) in [7, 11) is 0. The molecule has 4 aromatic carbocycles. The van der Waals surface area contributed by atoms with E-state index in [9.17, 15) is 42.6 Å². The summed E-state index contributed by atoms with van der Waals surface area (Å²) in [5.74, 6) is 4.55. The maximum atomic E-state index is 13.7. The van der Waals surface area contributed by atoms with Gasteiger partial charge in [-0.3, -0.25) is 21.3 Å². The van der Waals surface area contributed by atoms with Crippen molar-refractivity contribution in [2.75, 3.05) is 39.3 Å². The largest absolute Gasteiger partial charge is 0.390 e. The van der Waals surface area contributed by atoms with Gasteiger partial charge in [0.2, 0.25) is 11.8 Å². The summed E-state index contributed by atoms with van der Waals surface area (Å²) in [6.45, 7) is 18.5. The van der Waals surface area contributed by atoms with E-state index in [4.69, 9.17) is 0 Å². The number of nitrogens with one attached hydrogen (secondary N) is 5. The van der Waals surface area contributed by atoms with Crippen LogP contribution in [-0.2, 0) is 44.3 Å². The van der Waals surface area contributed by atoms with E-state index in [1.165, 1.54) is 48.7 Å². The molecule has 6 unspecified atom stereocenters. The fourth-order valence-corrected chi connectivity index (χ4v) is 9.42. The average Bonchev–Trinajstić information content (AvgIpc) is 3.29. The molecule has 2 aliphatic rings. The normalized spacial score (nSPS) is 20.2. The molecular formula is C54H78F4N8O5. The summed E-state index contributed by atoms with van der Waals surface area (Å²) < 4.78 is 54.7. The minimum Gasteiger partial charge on any atom is -0.390 e. The van der Waals surface area contributed by atoms with Gasteiger partial charge in [0, 0.05) is 58.7 Å². The first-order valence-corrected chi connectivity index (χ1v) is 24.4. The maximum absolute atomic E-state index is 13.7. The van der Waals surface area contributed by atoms with Gasteiger partial charge in [-0.1, -0.05) is 90.1 Å². The number of carbonyl (C=O) groups excluding carboxylic acids is 2. The summed E-state index contributed by atoms with van der Waals surface area (Å²) in [6.07, 6.45) is 1.58. The minimum atomic E-state index is -1.04. The van der Waals surface area contributed by atoms with E-state index in [2.05, 4.69) is 116 Å². The lowest BCUT2D eigenvalue weighted by Gasteiger charge is -2.43. The molecule has 6 atom stereocenters. The number of benzene rings is 4. The molecule has 0 spiro atoms. The zero-order chi connectivity index (χ0) is 52.7. The van der Waals surface area contributed by atoms with E-state index in [0.29, 0.717) is 30.8 Å². The number of amides is 2. The predicted molar refractivity (Wildman–Crippen MR) is 270 cm³/mol. The second kappa shape index (κ2) is 26.2. The lowest BCUT2D eigenvalue weighted by atomic mass is 9.78. The Bertz CT molecular complexity index is 2300. The Kier molecular flexibility index (Phi) is 21.7. The molecule has 0 radical (unpaired) electrons. The lowest BCUT2D eigenvalue weighted by Crippen LogP contribution is -2.57. The van der Waals surface area contributed by atoms with Crippen molar-refractivity contribution in [2.45, 2.75) is 140 Å². The second-order valence-corrected chi connectivity index (χ2v) is 21.1. The molecule has 2 fully saturated rings. The monoisotopic (exact) mass is 995 g/mol. The van der Waals surface area contributed by atoms with Crippen molar-refractivity contribution < 1.29 is 42.6 Å². The third kappa shape index (κ3) is 17.7. The number of hydrogen-bond acceptors (Lipinski definition) is 11. The van der Waals surface area contributed by atoms with Crippen molar-refractivity contribution in [1.29, 1.82) is 0 Å². The number of hydrogen-bond donors (Lipinski definition) is 10. The summed E-state index contributed by atoms with van der Waals surface area (Å²) in [5.41, 5.74) is 4.26. The highest BCUT2D eigenvalue weighted by molar-refractivity contribution is 5.73. The molecule has 0 saturated carbocycles. The van der Waals surface area contributed by atoms with E-state index >= 15 is 0 Å². The maximum Gasteiger partial charge on any atom is 0.217 e. The lowest BCUT2D eigenvalue weighted by molar-refractivity contribution is -0.130. The predicted octanol–water partition coefficient (Wildman–Crippen LogP) is 6.00.